The van der Waals surface area contributed by atoms with E-state index >= 15 is 0 Å². The van der Waals surface area contributed by atoms with Gasteiger partial charge in [0.2, 0.25) is 11.8 Å². The van der Waals surface area contributed by atoms with Crippen molar-refractivity contribution in [3.8, 4) is 0 Å². The summed E-state index contributed by atoms with van der Waals surface area (Å²) in [7, 11) is 0. The minimum absolute atomic E-state index is 0.0136. The maximum absolute atomic E-state index is 13.0. The second-order valence-corrected chi connectivity index (χ2v) is 7.68. The molecule has 1 aromatic carbocycles. The van der Waals surface area contributed by atoms with Crippen LogP contribution < -0.4 is 10.6 Å². The average Bonchev–Trinajstić information content (AvgIpc) is 3.16. The molecule has 28 heavy (non-hydrogen) atoms. The van der Waals surface area contributed by atoms with Crippen molar-refractivity contribution in [2.75, 3.05) is 10.6 Å². The molecular formula is C19H13Cl2N5O2. The zero-order chi connectivity index (χ0) is 19.5. The lowest BCUT2D eigenvalue weighted by Crippen LogP contribution is -2.43. The largest absolute Gasteiger partial charge is 0.325 e. The Balaban J connectivity index is 1.66. The number of halogens is 2. The van der Waals surface area contributed by atoms with E-state index in [2.05, 4.69) is 20.7 Å². The molecule has 9 heteroatoms. The smallest absolute Gasteiger partial charge is 0.240 e. The molecule has 1 atom stereocenters. The fourth-order valence-corrected chi connectivity index (χ4v) is 4.28. The Bertz CT molecular complexity index is 1160. The van der Waals surface area contributed by atoms with Crippen LogP contribution in [0.1, 0.15) is 23.2 Å². The van der Waals surface area contributed by atoms with Crippen LogP contribution in [0.2, 0.25) is 10.0 Å². The summed E-state index contributed by atoms with van der Waals surface area (Å²) in [6, 6.07) is 8.60. The van der Waals surface area contributed by atoms with Gasteiger partial charge in [0.05, 0.1) is 18.4 Å². The molecular weight excluding hydrogens is 401 g/mol. The molecule has 0 fully saturated rings. The van der Waals surface area contributed by atoms with Crippen LogP contribution in [0.25, 0.3) is 0 Å². The van der Waals surface area contributed by atoms with E-state index in [4.69, 9.17) is 23.2 Å². The first kappa shape index (κ1) is 17.2. The normalized spacial score (nSPS) is 19.9. The van der Waals surface area contributed by atoms with Crippen molar-refractivity contribution in [3.63, 3.8) is 0 Å². The van der Waals surface area contributed by atoms with Gasteiger partial charge in [-0.3, -0.25) is 14.6 Å². The van der Waals surface area contributed by atoms with E-state index in [9.17, 15) is 9.59 Å². The molecule has 1 spiro atoms. The third-order valence-electron chi connectivity index (χ3n) is 5.15. The summed E-state index contributed by atoms with van der Waals surface area (Å²) in [5.41, 5.74) is 1.50. The van der Waals surface area contributed by atoms with Crippen molar-refractivity contribution in [2.45, 2.75) is 18.4 Å². The highest BCUT2D eigenvalue weighted by molar-refractivity contribution is 6.31. The van der Waals surface area contributed by atoms with Crippen molar-refractivity contribution in [3.05, 3.63) is 69.6 Å². The highest BCUT2D eigenvalue weighted by atomic mass is 35.5. The number of hydrogen-bond donors (Lipinski definition) is 2. The molecule has 3 aromatic rings. The summed E-state index contributed by atoms with van der Waals surface area (Å²) < 4.78 is 1.61. The van der Waals surface area contributed by atoms with Gasteiger partial charge in [-0.2, -0.15) is 5.10 Å². The maximum atomic E-state index is 13.0. The standard InChI is InChI=1S/C19H13Cl2N5O2/c20-10-1-2-15-13(6-10)19(18(28)24-15)7-16(27)25-17-14(19)8-23-26(17)9-12-5-11(21)3-4-22-12/h1-6,8H,7,9H2,(H,24,28)(H,25,27)/t19-/m1/s1. The first-order valence-electron chi connectivity index (χ1n) is 8.55. The van der Waals surface area contributed by atoms with Gasteiger partial charge in [0.15, 0.2) is 0 Å². The predicted molar refractivity (Wildman–Crippen MR) is 105 cm³/mol. The van der Waals surface area contributed by atoms with Crippen molar-refractivity contribution >= 4 is 46.5 Å². The van der Waals surface area contributed by atoms with E-state index < -0.39 is 5.41 Å². The molecule has 0 saturated heterocycles. The highest BCUT2D eigenvalue weighted by Gasteiger charge is 2.54. The SMILES string of the molecule is O=C1C[C@]2(C(=O)Nc3ccc(Cl)cc32)c2cnn(Cc3cc(Cl)ccn3)c2N1. The van der Waals surface area contributed by atoms with Crippen molar-refractivity contribution < 1.29 is 9.59 Å². The van der Waals surface area contributed by atoms with Crippen LogP contribution in [0.5, 0.6) is 0 Å². The Hall–Kier alpha value is -2.90. The lowest BCUT2D eigenvalue weighted by Gasteiger charge is -2.31. The van der Waals surface area contributed by atoms with Gasteiger partial charge >= 0.3 is 0 Å². The number of carbonyl (C=O) groups excluding carboxylic acids is 2. The van der Waals surface area contributed by atoms with E-state index in [1.165, 1.54) is 0 Å². The number of rotatable bonds is 2. The van der Waals surface area contributed by atoms with E-state index in [1.54, 1.807) is 47.4 Å². The monoisotopic (exact) mass is 413 g/mol. The summed E-state index contributed by atoms with van der Waals surface area (Å²) in [6.45, 7) is 0.302. The van der Waals surface area contributed by atoms with Gasteiger partial charge in [0.1, 0.15) is 11.2 Å². The van der Waals surface area contributed by atoms with Gasteiger partial charge in [0.25, 0.3) is 0 Å². The third kappa shape index (κ3) is 2.43. The van der Waals surface area contributed by atoms with E-state index in [0.29, 0.717) is 44.9 Å². The van der Waals surface area contributed by atoms with Crippen molar-refractivity contribution in [1.82, 2.24) is 14.8 Å². The number of anilines is 2. The Kier molecular flexibility index (Phi) is 3.72. The molecule has 2 aliphatic heterocycles. The highest BCUT2D eigenvalue weighted by Crippen LogP contribution is 2.50. The van der Waals surface area contributed by atoms with Crippen LogP contribution in [0, 0.1) is 0 Å². The van der Waals surface area contributed by atoms with Gasteiger partial charge in [-0.1, -0.05) is 23.2 Å². The summed E-state index contributed by atoms with van der Waals surface area (Å²) in [6.07, 6.45) is 3.21. The number of hydrogen-bond acceptors (Lipinski definition) is 4. The molecule has 7 nitrogen and oxygen atoms in total. The quantitative estimate of drug-likeness (QED) is 0.674. The zero-order valence-electron chi connectivity index (χ0n) is 14.4. The lowest BCUT2D eigenvalue weighted by atomic mass is 9.72. The first-order chi connectivity index (χ1) is 13.5. The van der Waals surface area contributed by atoms with E-state index in [1.807, 2.05) is 0 Å². The fraction of sp³-hybridized carbons (Fsp3) is 0.158. The lowest BCUT2D eigenvalue weighted by molar-refractivity contribution is -0.125. The number of amides is 2. The van der Waals surface area contributed by atoms with Crippen LogP contribution in [-0.4, -0.2) is 26.6 Å². The predicted octanol–water partition coefficient (Wildman–Crippen LogP) is 3.21. The number of pyridine rings is 1. The third-order valence-corrected chi connectivity index (χ3v) is 5.62. The second kappa shape index (κ2) is 6.05. The number of carbonyl (C=O) groups is 2. The van der Waals surface area contributed by atoms with E-state index in [-0.39, 0.29) is 18.2 Å². The van der Waals surface area contributed by atoms with Gasteiger partial charge in [-0.25, -0.2) is 4.68 Å². The molecule has 2 aromatic heterocycles. The molecule has 2 N–H and O–H groups in total. The molecule has 0 bridgehead atoms. The maximum Gasteiger partial charge on any atom is 0.240 e. The number of aromatic nitrogens is 3. The van der Waals surface area contributed by atoms with Gasteiger partial charge in [0, 0.05) is 33.9 Å². The topological polar surface area (TPSA) is 88.9 Å². The number of nitrogens with zero attached hydrogens (tertiary/aromatic N) is 3. The summed E-state index contributed by atoms with van der Waals surface area (Å²) in [5.74, 6) is -0.0569. The molecule has 0 aliphatic carbocycles. The Morgan fingerprint density at radius 1 is 1.07 bits per heavy atom. The second-order valence-electron chi connectivity index (χ2n) is 6.80. The van der Waals surface area contributed by atoms with Crippen LogP contribution in [-0.2, 0) is 21.5 Å². The van der Waals surface area contributed by atoms with E-state index in [0.717, 1.165) is 0 Å². The van der Waals surface area contributed by atoms with Gasteiger partial charge in [-0.05, 0) is 35.9 Å². The summed E-state index contributed by atoms with van der Waals surface area (Å²) in [4.78, 5) is 29.9. The van der Waals surface area contributed by atoms with Gasteiger partial charge < -0.3 is 10.6 Å². The minimum Gasteiger partial charge on any atom is -0.325 e. The van der Waals surface area contributed by atoms with Gasteiger partial charge in [-0.15, -0.1) is 0 Å². The molecule has 4 heterocycles. The van der Waals surface area contributed by atoms with Crippen LogP contribution in [0.3, 0.4) is 0 Å². The molecule has 2 amide bonds. The fourth-order valence-electron chi connectivity index (χ4n) is 3.92. The molecule has 0 saturated carbocycles. The number of fused-ring (bicyclic) bond motifs is 4. The number of nitrogens with one attached hydrogen (secondary N) is 2. The van der Waals surface area contributed by atoms with Crippen molar-refractivity contribution in [2.24, 2.45) is 0 Å². The van der Waals surface area contributed by atoms with Crippen LogP contribution in [0.4, 0.5) is 11.5 Å². The average molecular weight is 414 g/mol. The molecule has 5 rings (SSSR count). The summed E-state index contributed by atoms with van der Waals surface area (Å²) in [5, 5.41) is 11.2. The minimum atomic E-state index is -1.15. The van der Waals surface area contributed by atoms with Crippen LogP contribution in [0.15, 0.2) is 42.7 Å². The zero-order valence-corrected chi connectivity index (χ0v) is 15.9. The summed E-state index contributed by atoms with van der Waals surface area (Å²) >= 11 is 12.2. The first-order valence-corrected chi connectivity index (χ1v) is 9.31. The molecule has 0 unspecified atom stereocenters. The Morgan fingerprint density at radius 3 is 2.71 bits per heavy atom. The molecule has 2 aliphatic rings. The molecule has 0 radical (unpaired) electrons. The number of benzene rings is 1. The Morgan fingerprint density at radius 2 is 1.89 bits per heavy atom. The molecule has 140 valence electrons. The van der Waals surface area contributed by atoms with Crippen molar-refractivity contribution in [1.29, 1.82) is 0 Å². The van der Waals surface area contributed by atoms with Crippen LogP contribution >= 0.6 is 23.2 Å². The Labute approximate surface area is 169 Å².